The molecule has 6 heteroatoms. The third-order valence-electron chi connectivity index (χ3n) is 4.59. The summed E-state index contributed by atoms with van der Waals surface area (Å²) in [6.07, 6.45) is 6.69. The van der Waals surface area contributed by atoms with Crippen molar-refractivity contribution in [2.75, 3.05) is 5.32 Å². The van der Waals surface area contributed by atoms with Gasteiger partial charge in [0, 0.05) is 48.6 Å². The molecule has 0 saturated carbocycles. The summed E-state index contributed by atoms with van der Waals surface area (Å²) in [5.41, 5.74) is 1.07. The van der Waals surface area contributed by atoms with Gasteiger partial charge in [-0.25, -0.2) is 0 Å². The topological polar surface area (TPSA) is 81.2 Å². The average Bonchev–Trinajstić information content (AvgIpc) is 2.79. The summed E-state index contributed by atoms with van der Waals surface area (Å²) >= 11 is 0. The van der Waals surface area contributed by atoms with Crippen molar-refractivity contribution in [3.05, 3.63) is 91.0 Å². The number of fused-ring (bicyclic) bond motifs is 1. The molecule has 0 aliphatic heterocycles. The van der Waals surface area contributed by atoms with Crippen molar-refractivity contribution < 1.29 is 14.3 Å². The average molecular weight is 397 g/mol. The van der Waals surface area contributed by atoms with Gasteiger partial charge in [0.15, 0.2) is 11.5 Å². The Balaban J connectivity index is 1.41. The lowest BCUT2D eigenvalue weighted by Gasteiger charge is -2.12. The van der Waals surface area contributed by atoms with Gasteiger partial charge in [-0.1, -0.05) is 36.4 Å². The van der Waals surface area contributed by atoms with Crippen LogP contribution in [-0.2, 0) is 4.79 Å². The van der Waals surface area contributed by atoms with Gasteiger partial charge in [-0.05, 0) is 29.7 Å². The van der Waals surface area contributed by atoms with E-state index < -0.39 is 0 Å². The SMILES string of the molecule is O=C(CCC(=O)c1cncc2ccccc12)Nc1ccccc1Oc1ccncc1. The predicted octanol–water partition coefficient (Wildman–Crippen LogP) is 5.02. The Labute approximate surface area is 173 Å². The fourth-order valence-corrected chi connectivity index (χ4v) is 3.11. The van der Waals surface area contributed by atoms with Gasteiger partial charge in [0.1, 0.15) is 5.75 Å². The molecule has 1 amide bonds. The second-order valence-electron chi connectivity index (χ2n) is 6.66. The van der Waals surface area contributed by atoms with Crippen molar-refractivity contribution in [2.45, 2.75) is 12.8 Å². The van der Waals surface area contributed by atoms with Crippen molar-refractivity contribution in [1.29, 1.82) is 0 Å². The number of ketones is 1. The molecule has 4 rings (SSSR count). The monoisotopic (exact) mass is 397 g/mol. The highest BCUT2D eigenvalue weighted by molar-refractivity contribution is 6.08. The Morgan fingerprint density at radius 2 is 1.60 bits per heavy atom. The number of hydrogen-bond acceptors (Lipinski definition) is 5. The van der Waals surface area contributed by atoms with Crippen LogP contribution in [0, 0.1) is 0 Å². The van der Waals surface area contributed by atoms with E-state index >= 15 is 0 Å². The summed E-state index contributed by atoms with van der Waals surface area (Å²) in [4.78, 5) is 33.2. The molecule has 0 bridgehead atoms. The van der Waals surface area contributed by atoms with Gasteiger partial charge < -0.3 is 10.1 Å². The minimum atomic E-state index is -0.262. The summed E-state index contributed by atoms with van der Waals surface area (Å²) in [5, 5.41) is 4.57. The first-order valence-electron chi connectivity index (χ1n) is 9.53. The van der Waals surface area contributed by atoms with Crippen molar-refractivity contribution in [3.8, 4) is 11.5 Å². The molecule has 2 aromatic heterocycles. The molecular formula is C24H19N3O3. The van der Waals surface area contributed by atoms with E-state index in [1.165, 1.54) is 0 Å². The Hall–Kier alpha value is -4.06. The largest absolute Gasteiger partial charge is 0.455 e. The second-order valence-corrected chi connectivity index (χ2v) is 6.66. The zero-order valence-electron chi connectivity index (χ0n) is 16.1. The highest BCUT2D eigenvalue weighted by atomic mass is 16.5. The molecule has 4 aromatic rings. The van der Waals surface area contributed by atoms with E-state index in [9.17, 15) is 9.59 Å². The number of carbonyl (C=O) groups is 2. The first kappa shape index (κ1) is 19.3. The van der Waals surface area contributed by atoms with Crippen LogP contribution in [-0.4, -0.2) is 21.7 Å². The molecule has 0 atom stereocenters. The van der Waals surface area contributed by atoms with E-state index in [2.05, 4.69) is 15.3 Å². The molecular weight excluding hydrogens is 378 g/mol. The number of pyridine rings is 2. The first-order valence-corrected chi connectivity index (χ1v) is 9.53. The van der Waals surface area contributed by atoms with Gasteiger partial charge in [-0.3, -0.25) is 19.6 Å². The smallest absolute Gasteiger partial charge is 0.224 e. The molecule has 0 aliphatic rings. The zero-order valence-corrected chi connectivity index (χ0v) is 16.1. The molecule has 0 unspecified atom stereocenters. The molecule has 2 heterocycles. The number of amides is 1. The van der Waals surface area contributed by atoms with Crippen LogP contribution in [0.4, 0.5) is 5.69 Å². The molecule has 0 saturated heterocycles. The molecule has 0 fully saturated rings. The lowest BCUT2D eigenvalue weighted by Crippen LogP contribution is -2.14. The van der Waals surface area contributed by atoms with E-state index in [1.807, 2.05) is 36.4 Å². The summed E-state index contributed by atoms with van der Waals surface area (Å²) in [6, 6.07) is 18.2. The molecule has 148 valence electrons. The molecule has 30 heavy (non-hydrogen) atoms. The van der Waals surface area contributed by atoms with Gasteiger partial charge >= 0.3 is 0 Å². The number of Topliss-reactive ketones (excluding diaryl/α,β-unsaturated/α-hetero) is 1. The van der Waals surface area contributed by atoms with E-state index in [0.717, 1.165) is 10.8 Å². The lowest BCUT2D eigenvalue weighted by atomic mass is 10.0. The van der Waals surface area contributed by atoms with Crippen molar-refractivity contribution >= 4 is 28.2 Å². The van der Waals surface area contributed by atoms with Crippen LogP contribution in [0.5, 0.6) is 11.5 Å². The maximum absolute atomic E-state index is 12.7. The normalized spacial score (nSPS) is 10.5. The van der Waals surface area contributed by atoms with Crippen molar-refractivity contribution in [3.63, 3.8) is 0 Å². The maximum atomic E-state index is 12.7. The summed E-state index contributed by atoms with van der Waals surface area (Å²) in [5.74, 6) is 0.755. The Kier molecular flexibility index (Phi) is 5.75. The predicted molar refractivity (Wildman–Crippen MR) is 115 cm³/mol. The van der Waals surface area contributed by atoms with Gasteiger partial charge in [0.05, 0.1) is 5.69 Å². The van der Waals surface area contributed by atoms with Gasteiger partial charge in [-0.15, -0.1) is 0 Å². The van der Waals surface area contributed by atoms with Crippen LogP contribution in [0.25, 0.3) is 10.8 Å². The fraction of sp³-hybridized carbons (Fsp3) is 0.0833. The Bertz CT molecular complexity index is 1190. The number of ether oxygens (including phenoxy) is 1. The van der Waals surface area contributed by atoms with Gasteiger partial charge in [-0.2, -0.15) is 0 Å². The van der Waals surface area contributed by atoms with E-state index in [4.69, 9.17) is 4.74 Å². The van der Waals surface area contributed by atoms with Crippen molar-refractivity contribution in [2.24, 2.45) is 0 Å². The number of carbonyl (C=O) groups excluding carboxylic acids is 2. The fourth-order valence-electron chi connectivity index (χ4n) is 3.11. The van der Waals surface area contributed by atoms with E-state index in [1.54, 1.807) is 49.1 Å². The number of aromatic nitrogens is 2. The van der Waals surface area contributed by atoms with Crippen LogP contribution < -0.4 is 10.1 Å². The van der Waals surface area contributed by atoms with Crippen LogP contribution in [0.15, 0.2) is 85.5 Å². The van der Waals surface area contributed by atoms with Gasteiger partial charge in [0.25, 0.3) is 0 Å². The number of nitrogens with zero attached hydrogens (tertiary/aromatic N) is 2. The number of hydrogen-bond donors (Lipinski definition) is 1. The maximum Gasteiger partial charge on any atom is 0.224 e. The number of anilines is 1. The highest BCUT2D eigenvalue weighted by Crippen LogP contribution is 2.29. The van der Waals surface area contributed by atoms with E-state index in [-0.39, 0.29) is 24.5 Å². The Morgan fingerprint density at radius 3 is 2.47 bits per heavy atom. The summed E-state index contributed by atoms with van der Waals surface area (Å²) in [6.45, 7) is 0. The third-order valence-corrected chi connectivity index (χ3v) is 4.59. The molecule has 0 radical (unpaired) electrons. The standard InChI is InChI=1S/C24H19N3O3/c28-22(20-16-26-15-17-5-1-2-6-19(17)20)9-10-24(29)27-21-7-3-4-8-23(21)30-18-11-13-25-14-12-18/h1-8,11-16H,9-10H2,(H,27,29). The summed E-state index contributed by atoms with van der Waals surface area (Å²) in [7, 11) is 0. The number of benzene rings is 2. The highest BCUT2D eigenvalue weighted by Gasteiger charge is 2.14. The van der Waals surface area contributed by atoms with Crippen LogP contribution in [0.2, 0.25) is 0 Å². The minimum absolute atomic E-state index is 0.0612. The second kappa shape index (κ2) is 8.96. The molecule has 6 nitrogen and oxygen atoms in total. The van der Waals surface area contributed by atoms with Crippen LogP contribution in [0.1, 0.15) is 23.2 Å². The van der Waals surface area contributed by atoms with Crippen LogP contribution >= 0.6 is 0 Å². The van der Waals surface area contributed by atoms with Crippen LogP contribution in [0.3, 0.4) is 0 Å². The quantitative estimate of drug-likeness (QED) is 0.443. The number of nitrogens with one attached hydrogen (secondary N) is 1. The molecule has 2 aromatic carbocycles. The lowest BCUT2D eigenvalue weighted by molar-refractivity contribution is -0.116. The Morgan fingerprint density at radius 1 is 0.833 bits per heavy atom. The van der Waals surface area contributed by atoms with Crippen molar-refractivity contribution in [1.82, 2.24) is 9.97 Å². The number of para-hydroxylation sites is 2. The minimum Gasteiger partial charge on any atom is -0.455 e. The molecule has 1 N–H and O–H groups in total. The first-order chi connectivity index (χ1) is 14.7. The third kappa shape index (κ3) is 4.50. The summed E-state index contributed by atoms with van der Waals surface area (Å²) < 4.78 is 5.82. The van der Waals surface area contributed by atoms with Gasteiger partial charge in [0.2, 0.25) is 5.91 Å². The zero-order chi connectivity index (χ0) is 20.8. The molecule has 0 spiro atoms. The number of rotatable bonds is 7. The van der Waals surface area contributed by atoms with E-state index in [0.29, 0.717) is 22.7 Å². The molecule has 0 aliphatic carbocycles.